The molecule has 3 heterocycles. The van der Waals surface area contributed by atoms with Crippen LogP contribution in [-0.2, 0) is 22.6 Å². The second-order valence-electron chi connectivity index (χ2n) is 9.61. The Hall–Kier alpha value is -3.01. The molecule has 0 bridgehead atoms. The van der Waals surface area contributed by atoms with Crippen LogP contribution in [0.5, 0.6) is 0 Å². The third kappa shape index (κ3) is 5.08. The zero-order valence-electron chi connectivity index (χ0n) is 20.5. The molecule has 3 atom stereocenters. The van der Waals surface area contributed by atoms with Crippen molar-refractivity contribution < 1.29 is 19.5 Å². The van der Waals surface area contributed by atoms with Gasteiger partial charge in [-0.25, -0.2) is 4.98 Å². The van der Waals surface area contributed by atoms with Gasteiger partial charge in [-0.15, -0.1) is 11.3 Å². The first-order chi connectivity index (χ1) is 17.9. The second kappa shape index (κ2) is 10.8. The third-order valence-corrected chi connectivity index (χ3v) is 8.56. The minimum absolute atomic E-state index is 0.0807. The number of benzene rings is 2. The monoisotopic (exact) mass is 535 g/mol. The number of aromatic nitrogens is 1. The number of nitrogens with zero attached hydrogens (tertiary/aromatic N) is 3. The number of amides is 2. The number of rotatable bonds is 8. The predicted molar refractivity (Wildman–Crippen MR) is 146 cm³/mol. The molecule has 1 aromatic heterocycles. The summed E-state index contributed by atoms with van der Waals surface area (Å²) in [6.45, 7) is 2.40. The number of Topliss-reactive ketones (excluding diaryl/α,β-unsaturated/α-hetero) is 1. The summed E-state index contributed by atoms with van der Waals surface area (Å²) in [5, 5.41) is 10.4. The molecule has 2 amide bonds. The lowest BCUT2D eigenvalue weighted by Crippen LogP contribution is -2.53. The SMILES string of the molecule is Cc1ncsc1-c1ccc(CCC(=O)[C@@H]2C[C@@H](O)CN2C(=O)[C@H](CS)N2Cc3ccccc3C2=O)cc1. The standard InChI is InChI=1S/C28H29N3O4S2/c1-17-26(37-16-29-17)19-9-6-18(7-10-19)8-11-25(33)23-12-21(32)14-31(23)28(35)24(15-36)30-13-20-4-2-3-5-22(20)27(30)34/h2-7,9-10,16,21,23-24,32,36H,8,11-15H2,1H3/t21-,23+,24+/m1/s1. The highest BCUT2D eigenvalue weighted by atomic mass is 32.1. The van der Waals surface area contributed by atoms with E-state index in [1.165, 1.54) is 9.80 Å². The van der Waals surface area contributed by atoms with Crippen molar-refractivity contribution in [3.05, 3.63) is 76.4 Å². The van der Waals surface area contributed by atoms with Crippen LogP contribution in [0.25, 0.3) is 10.4 Å². The van der Waals surface area contributed by atoms with Gasteiger partial charge in [0.2, 0.25) is 5.91 Å². The van der Waals surface area contributed by atoms with Crippen LogP contribution in [0, 0.1) is 6.92 Å². The number of hydrogen-bond donors (Lipinski definition) is 2. The lowest BCUT2D eigenvalue weighted by Gasteiger charge is -2.32. The number of aryl methyl sites for hydroxylation is 2. The van der Waals surface area contributed by atoms with Crippen molar-refractivity contribution in [1.82, 2.24) is 14.8 Å². The number of hydrogen-bond acceptors (Lipinski definition) is 7. The first-order valence-corrected chi connectivity index (χ1v) is 13.9. The molecule has 0 spiro atoms. The zero-order valence-corrected chi connectivity index (χ0v) is 22.3. The molecule has 7 nitrogen and oxygen atoms in total. The van der Waals surface area contributed by atoms with E-state index in [9.17, 15) is 19.5 Å². The molecule has 37 heavy (non-hydrogen) atoms. The van der Waals surface area contributed by atoms with Crippen LogP contribution >= 0.6 is 24.0 Å². The third-order valence-electron chi connectivity index (χ3n) is 7.24. The molecule has 3 aromatic rings. The van der Waals surface area contributed by atoms with Gasteiger partial charge in [0.15, 0.2) is 5.78 Å². The first-order valence-electron chi connectivity index (χ1n) is 12.4. The Bertz CT molecular complexity index is 1320. The van der Waals surface area contributed by atoms with E-state index in [1.54, 1.807) is 23.5 Å². The molecule has 1 N–H and O–H groups in total. The molecule has 0 radical (unpaired) electrons. The van der Waals surface area contributed by atoms with Gasteiger partial charge < -0.3 is 14.9 Å². The van der Waals surface area contributed by atoms with Crippen molar-refractivity contribution in [2.24, 2.45) is 0 Å². The van der Waals surface area contributed by atoms with E-state index < -0.39 is 18.2 Å². The van der Waals surface area contributed by atoms with E-state index in [1.807, 2.05) is 48.8 Å². The van der Waals surface area contributed by atoms with Crippen molar-refractivity contribution in [2.45, 2.75) is 50.9 Å². The van der Waals surface area contributed by atoms with Crippen molar-refractivity contribution in [3.8, 4) is 10.4 Å². The average molecular weight is 536 g/mol. The van der Waals surface area contributed by atoms with Gasteiger partial charge in [0.05, 0.1) is 28.2 Å². The minimum atomic E-state index is -0.799. The molecule has 5 rings (SSSR count). The summed E-state index contributed by atoms with van der Waals surface area (Å²) in [5.74, 6) is -0.489. The van der Waals surface area contributed by atoms with Crippen LogP contribution in [0.3, 0.4) is 0 Å². The second-order valence-corrected chi connectivity index (χ2v) is 10.8. The summed E-state index contributed by atoms with van der Waals surface area (Å²) < 4.78 is 0. The van der Waals surface area contributed by atoms with Gasteiger partial charge in [-0.3, -0.25) is 14.4 Å². The summed E-state index contributed by atoms with van der Waals surface area (Å²) in [5.41, 5.74) is 6.42. The molecule has 192 valence electrons. The van der Waals surface area contributed by atoms with Crippen molar-refractivity contribution in [1.29, 1.82) is 0 Å². The van der Waals surface area contributed by atoms with E-state index in [-0.39, 0.29) is 42.7 Å². The minimum Gasteiger partial charge on any atom is -0.391 e. The number of thiol groups is 1. The number of β-amino-alcohol motifs (C(OH)–C–C–N with tert-alkyl or cyclic N) is 1. The van der Waals surface area contributed by atoms with Crippen LogP contribution in [-0.4, -0.2) is 68.0 Å². The maximum Gasteiger partial charge on any atom is 0.255 e. The Morgan fingerprint density at radius 2 is 1.95 bits per heavy atom. The molecule has 2 aliphatic heterocycles. The Labute approximate surface area is 225 Å². The van der Waals surface area contributed by atoms with E-state index in [0.717, 1.165) is 27.3 Å². The summed E-state index contributed by atoms with van der Waals surface area (Å²) in [6, 6.07) is 13.9. The van der Waals surface area contributed by atoms with Gasteiger partial charge in [0.25, 0.3) is 5.91 Å². The topological polar surface area (TPSA) is 90.8 Å². The lowest BCUT2D eigenvalue weighted by atomic mass is 10.00. The van der Waals surface area contributed by atoms with Crippen LogP contribution in [0.15, 0.2) is 54.0 Å². The summed E-state index contributed by atoms with van der Waals surface area (Å²) in [6.07, 6.45) is 0.249. The molecular weight excluding hydrogens is 506 g/mol. The molecule has 1 fully saturated rings. The average Bonchev–Trinajstić information content (AvgIpc) is 3.60. The smallest absolute Gasteiger partial charge is 0.255 e. The molecule has 0 saturated carbocycles. The number of aliphatic hydroxyl groups excluding tert-OH is 1. The fourth-order valence-electron chi connectivity index (χ4n) is 5.23. The van der Waals surface area contributed by atoms with Gasteiger partial charge in [-0.2, -0.15) is 12.6 Å². The van der Waals surface area contributed by atoms with Gasteiger partial charge in [0, 0.05) is 37.2 Å². The highest BCUT2D eigenvalue weighted by Crippen LogP contribution is 2.29. The zero-order chi connectivity index (χ0) is 26.1. The number of ketones is 1. The summed E-state index contributed by atoms with van der Waals surface area (Å²) in [7, 11) is 0. The van der Waals surface area contributed by atoms with E-state index >= 15 is 0 Å². The van der Waals surface area contributed by atoms with Crippen LogP contribution < -0.4 is 0 Å². The summed E-state index contributed by atoms with van der Waals surface area (Å²) in [4.78, 5) is 48.2. The number of thiazole rings is 1. The van der Waals surface area contributed by atoms with Crippen molar-refractivity contribution in [2.75, 3.05) is 12.3 Å². The molecule has 2 aromatic carbocycles. The van der Waals surface area contributed by atoms with Crippen LogP contribution in [0.1, 0.15) is 40.0 Å². The fraction of sp³-hybridized carbons (Fsp3) is 0.357. The van der Waals surface area contributed by atoms with Gasteiger partial charge in [-0.05, 0) is 36.1 Å². The molecule has 0 aliphatic carbocycles. The van der Waals surface area contributed by atoms with Crippen molar-refractivity contribution in [3.63, 3.8) is 0 Å². The largest absolute Gasteiger partial charge is 0.391 e. The Morgan fingerprint density at radius 1 is 1.19 bits per heavy atom. The van der Waals surface area contributed by atoms with E-state index in [4.69, 9.17) is 0 Å². The maximum absolute atomic E-state index is 13.6. The highest BCUT2D eigenvalue weighted by Gasteiger charge is 2.44. The lowest BCUT2D eigenvalue weighted by molar-refractivity contribution is -0.141. The first kappa shape index (κ1) is 25.6. The molecule has 9 heteroatoms. The summed E-state index contributed by atoms with van der Waals surface area (Å²) >= 11 is 5.98. The van der Waals surface area contributed by atoms with E-state index in [0.29, 0.717) is 18.5 Å². The molecule has 0 unspecified atom stereocenters. The predicted octanol–water partition coefficient (Wildman–Crippen LogP) is 3.54. The maximum atomic E-state index is 13.6. The van der Waals surface area contributed by atoms with Crippen LogP contribution in [0.4, 0.5) is 0 Å². The molecular formula is C28H29N3O4S2. The van der Waals surface area contributed by atoms with E-state index in [2.05, 4.69) is 17.6 Å². The Balaban J connectivity index is 1.25. The van der Waals surface area contributed by atoms with Gasteiger partial charge >= 0.3 is 0 Å². The Kier molecular flexibility index (Phi) is 7.46. The number of carbonyl (C=O) groups is 3. The quantitative estimate of drug-likeness (QED) is 0.431. The number of aliphatic hydroxyl groups is 1. The Morgan fingerprint density at radius 3 is 2.62 bits per heavy atom. The fourth-order valence-corrected chi connectivity index (χ4v) is 6.39. The number of likely N-dealkylation sites (tertiary alicyclic amines) is 1. The normalized spacial score (nSPS) is 19.8. The number of carbonyl (C=O) groups excluding carboxylic acids is 3. The van der Waals surface area contributed by atoms with Crippen molar-refractivity contribution >= 4 is 41.6 Å². The molecule has 2 aliphatic rings. The van der Waals surface area contributed by atoms with Crippen LogP contribution in [0.2, 0.25) is 0 Å². The molecule has 1 saturated heterocycles. The highest BCUT2D eigenvalue weighted by molar-refractivity contribution is 7.80. The number of fused-ring (bicyclic) bond motifs is 1. The van der Waals surface area contributed by atoms with Gasteiger partial charge in [0.1, 0.15) is 6.04 Å². The van der Waals surface area contributed by atoms with Gasteiger partial charge in [-0.1, -0.05) is 42.5 Å².